The number of hydrogen-bond donors (Lipinski definition) is 2. The summed E-state index contributed by atoms with van der Waals surface area (Å²) in [5, 5.41) is 6.84. The number of hydrogen-bond acceptors (Lipinski definition) is 2. The molecule has 6 heteroatoms. The minimum atomic E-state index is 0. The molecule has 1 saturated heterocycles. The number of piperidine rings is 1. The van der Waals surface area contributed by atoms with Gasteiger partial charge in [0.15, 0.2) is 5.96 Å². The van der Waals surface area contributed by atoms with Crippen molar-refractivity contribution in [3.63, 3.8) is 0 Å². The zero-order valence-electron chi connectivity index (χ0n) is 13.8. The SMILES string of the molecule is CCN1CCCC(CNC(=NC)NCCn2cccc2)C1.I. The minimum Gasteiger partial charge on any atom is -0.356 e. The van der Waals surface area contributed by atoms with Gasteiger partial charge in [-0.15, -0.1) is 24.0 Å². The van der Waals surface area contributed by atoms with Gasteiger partial charge in [0.2, 0.25) is 0 Å². The predicted octanol–water partition coefficient (Wildman–Crippen LogP) is 2.00. The third-order valence-electron chi connectivity index (χ3n) is 4.16. The normalized spacial score (nSPS) is 19.5. The van der Waals surface area contributed by atoms with Gasteiger partial charge in [-0.05, 0) is 44.0 Å². The van der Waals surface area contributed by atoms with E-state index in [0.29, 0.717) is 0 Å². The van der Waals surface area contributed by atoms with Crippen LogP contribution in [0.3, 0.4) is 0 Å². The van der Waals surface area contributed by atoms with E-state index in [1.165, 1.54) is 32.5 Å². The van der Waals surface area contributed by atoms with E-state index < -0.39 is 0 Å². The summed E-state index contributed by atoms with van der Waals surface area (Å²) in [6.45, 7) is 8.75. The van der Waals surface area contributed by atoms with Gasteiger partial charge in [-0.1, -0.05) is 6.92 Å². The Balaban J connectivity index is 0.00000242. The van der Waals surface area contributed by atoms with E-state index in [1.807, 2.05) is 7.05 Å². The van der Waals surface area contributed by atoms with Gasteiger partial charge in [0.05, 0.1) is 0 Å². The zero-order chi connectivity index (χ0) is 14.9. The quantitative estimate of drug-likeness (QED) is 0.421. The molecule has 1 atom stereocenters. The van der Waals surface area contributed by atoms with Crippen molar-refractivity contribution in [2.45, 2.75) is 26.3 Å². The topological polar surface area (TPSA) is 44.6 Å². The van der Waals surface area contributed by atoms with Crippen molar-refractivity contribution in [2.75, 3.05) is 39.8 Å². The van der Waals surface area contributed by atoms with Crippen LogP contribution in [0.25, 0.3) is 0 Å². The molecule has 2 heterocycles. The summed E-state index contributed by atoms with van der Waals surface area (Å²) in [4.78, 5) is 6.84. The van der Waals surface area contributed by atoms with Crippen LogP contribution in [0.5, 0.6) is 0 Å². The summed E-state index contributed by atoms with van der Waals surface area (Å²) in [7, 11) is 1.84. The molecule has 0 saturated carbocycles. The van der Waals surface area contributed by atoms with E-state index in [-0.39, 0.29) is 24.0 Å². The molecule has 1 aliphatic heterocycles. The Morgan fingerprint density at radius 2 is 2.05 bits per heavy atom. The highest BCUT2D eigenvalue weighted by Crippen LogP contribution is 2.14. The largest absolute Gasteiger partial charge is 0.356 e. The molecular weight excluding hydrogens is 389 g/mol. The molecule has 22 heavy (non-hydrogen) atoms. The number of likely N-dealkylation sites (tertiary alicyclic amines) is 1. The van der Waals surface area contributed by atoms with Crippen LogP contribution in [0.4, 0.5) is 0 Å². The molecule has 0 aliphatic carbocycles. The first-order valence-electron chi connectivity index (χ1n) is 8.09. The highest BCUT2D eigenvalue weighted by Gasteiger charge is 2.18. The smallest absolute Gasteiger partial charge is 0.191 e. The molecule has 5 nitrogen and oxygen atoms in total. The first kappa shape index (κ1) is 19.3. The van der Waals surface area contributed by atoms with Crippen LogP contribution in [0, 0.1) is 5.92 Å². The number of nitrogens with one attached hydrogen (secondary N) is 2. The second-order valence-corrected chi connectivity index (χ2v) is 5.70. The third-order valence-corrected chi connectivity index (χ3v) is 4.16. The average molecular weight is 419 g/mol. The summed E-state index contributed by atoms with van der Waals surface area (Å²) in [5.41, 5.74) is 0. The Hall–Kier alpha value is -0.760. The van der Waals surface area contributed by atoms with Crippen LogP contribution in [-0.2, 0) is 6.54 Å². The van der Waals surface area contributed by atoms with Crippen LogP contribution in [0.15, 0.2) is 29.5 Å². The lowest BCUT2D eigenvalue weighted by Crippen LogP contribution is -2.44. The first-order chi connectivity index (χ1) is 10.3. The Morgan fingerprint density at radius 3 is 2.73 bits per heavy atom. The van der Waals surface area contributed by atoms with Crippen LogP contribution < -0.4 is 10.6 Å². The summed E-state index contributed by atoms with van der Waals surface area (Å²) in [5.74, 6) is 1.65. The Morgan fingerprint density at radius 1 is 1.27 bits per heavy atom. The fourth-order valence-electron chi connectivity index (χ4n) is 2.89. The standard InChI is InChI=1S/C16H29N5.HI/c1-3-20-11-6-7-15(14-20)13-19-16(17-2)18-8-12-21-9-4-5-10-21;/h4-5,9-10,15H,3,6-8,11-14H2,1-2H3,(H2,17,18,19);1H. The number of guanidine groups is 1. The second kappa shape index (κ2) is 10.9. The molecule has 1 aliphatic rings. The molecular formula is C16H30IN5. The number of aromatic nitrogens is 1. The van der Waals surface area contributed by atoms with E-state index in [0.717, 1.165) is 31.5 Å². The number of rotatable bonds is 6. The van der Waals surface area contributed by atoms with Gasteiger partial charge in [0.1, 0.15) is 0 Å². The van der Waals surface area contributed by atoms with Crippen molar-refractivity contribution in [2.24, 2.45) is 10.9 Å². The monoisotopic (exact) mass is 419 g/mol. The molecule has 0 bridgehead atoms. The van der Waals surface area contributed by atoms with Gasteiger partial charge < -0.3 is 20.1 Å². The average Bonchev–Trinajstić information content (AvgIpc) is 3.04. The summed E-state index contributed by atoms with van der Waals surface area (Å²) in [6, 6.07) is 4.10. The first-order valence-corrected chi connectivity index (χ1v) is 8.09. The van der Waals surface area contributed by atoms with E-state index in [2.05, 4.69) is 56.5 Å². The molecule has 126 valence electrons. The molecule has 2 rings (SSSR count). The Kier molecular flexibility index (Phi) is 9.54. The van der Waals surface area contributed by atoms with Gasteiger partial charge >= 0.3 is 0 Å². The minimum absolute atomic E-state index is 0. The van der Waals surface area contributed by atoms with Crippen molar-refractivity contribution >= 4 is 29.9 Å². The molecule has 1 unspecified atom stereocenters. The van der Waals surface area contributed by atoms with Gasteiger partial charge in [-0.2, -0.15) is 0 Å². The van der Waals surface area contributed by atoms with Crippen molar-refractivity contribution in [3.8, 4) is 0 Å². The molecule has 1 aromatic rings. The maximum atomic E-state index is 4.30. The molecule has 0 aromatic carbocycles. The molecule has 2 N–H and O–H groups in total. The van der Waals surface area contributed by atoms with Crippen molar-refractivity contribution in [3.05, 3.63) is 24.5 Å². The van der Waals surface area contributed by atoms with Crippen LogP contribution >= 0.6 is 24.0 Å². The van der Waals surface area contributed by atoms with Crippen LogP contribution in [0.2, 0.25) is 0 Å². The maximum Gasteiger partial charge on any atom is 0.191 e. The summed E-state index contributed by atoms with van der Waals surface area (Å²) >= 11 is 0. The van der Waals surface area contributed by atoms with E-state index in [1.54, 1.807) is 0 Å². The predicted molar refractivity (Wildman–Crippen MR) is 104 cm³/mol. The number of halogens is 1. The fourth-order valence-corrected chi connectivity index (χ4v) is 2.89. The highest BCUT2D eigenvalue weighted by atomic mass is 127. The van der Waals surface area contributed by atoms with Gasteiger partial charge in [0, 0.05) is 45.6 Å². The molecule has 0 amide bonds. The van der Waals surface area contributed by atoms with Crippen LogP contribution in [-0.4, -0.2) is 55.2 Å². The Bertz CT molecular complexity index is 418. The lowest BCUT2D eigenvalue weighted by molar-refractivity contribution is 0.183. The lowest BCUT2D eigenvalue weighted by Gasteiger charge is -2.32. The Labute approximate surface area is 151 Å². The third kappa shape index (κ3) is 6.56. The fraction of sp³-hybridized carbons (Fsp3) is 0.688. The summed E-state index contributed by atoms with van der Waals surface area (Å²) < 4.78 is 2.17. The zero-order valence-corrected chi connectivity index (χ0v) is 16.1. The molecule has 1 aromatic heterocycles. The molecule has 1 fully saturated rings. The highest BCUT2D eigenvalue weighted by molar-refractivity contribution is 14.0. The maximum absolute atomic E-state index is 4.30. The summed E-state index contributed by atoms with van der Waals surface area (Å²) in [6.07, 6.45) is 6.81. The lowest BCUT2D eigenvalue weighted by atomic mass is 9.98. The molecule has 0 radical (unpaired) electrons. The van der Waals surface area contributed by atoms with E-state index >= 15 is 0 Å². The van der Waals surface area contributed by atoms with Crippen molar-refractivity contribution in [1.29, 1.82) is 0 Å². The van der Waals surface area contributed by atoms with Crippen molar-refractivity contribution < 1.29 is 0 Å². The van der Waals surface area contributed by atoms with Gasteiger partial charge in [-0.3, -0.25) is 4.99 Å². The van der Waals surface area contributed by atoms with Gasteiger partial charge in [-0.25, -0.2) is 0 Å². The van der Waals surface area contributed by atoms with Crippen molar-refractivity contribution in [1.82, 2.24) is 20.1 Å². The van der Waals surface area contributed by atoms with E-state index in [4.69, 9.17) is 0 Å². The second-order valence-electron chi connectivity index (χ2n) is 5.70. The van der Waals surface area contributed by atoms with Gasteiger partial charge in [0.25, 0.3) is 0 Å². The molecule has 0 spiro atoms. The number of nitrogens with zero attached hydrogens (tertiary/aromatic N) is 3. The van der Waals surface area contributed by atoms with E-state index in [9.17, 15) is 0 Å². The number of aliphatic imine (C=N–C) groups is 1. The van der Waals surface area contributed by atoms with Crippen LogP contribution in [0.1, 0.15) is 19.8 Å².